The van der Waals surface area contributed by atoms with Crippen LogP contribution in [0.5, 0.6) is 17.2 Å². The van der Waals surface area contributed by atoms with Crippen LogP contribution in [0.3, 0.4) is 0 Å². The predicted molar refractivity (Wildman–Crippen MR) is 74.0 cm³/mol. The van der Waals surface area contributed by atoms with Crippen molar-refractivity contribution in [2.45, 2.75) is 0 Å². The van der Waals surface area contributed by atoms with Crippen LogP contribution in [0.15, 0.2) is 36.4 Å². The lowest BCUT2D eigenvalue weighted by Gasteiger charge is -2.08. The molecule has 0 atom stereocenters. The monoisotopic (exact) mass is 290 g/mol. The number of hydrogen-bond donors (Lipinski definition) is 0. The van der Waals surface area contributed by atoms with Crippen LogP contribution in [-0.2, 0) is 0 Å². The molecule has 0 saturated carbocycles. The lowest BCUT2D eigenvalue weighted by molar-refractivity contribution is 0.103. The molecule has 1 aliphatic rings. The third-order valence-electron chi connectivity index (χ3n) is 3.04. The molecule has 5 heteroatoms. The molecular weight excluding hydrogens is 280 g/mol. The van der Waals surface area contributed by atoms with E-state index in [1.165, 1.54) is 7.11 Å². The maximum absolute atomic E-state index is 12.5. The smallest absolute Gasteiger partial charge is 0.231 e. The first-order valence-corrected chi connectivity index (χ1v) is 6.35. The van der Waals surface area contributed by atoms with Crippen molar-refractivity contribution in [1.82, 2.24) is 0 Å². The van der Waals surface area contributed by atoms with Crippen molar-refractivity contribution >= 4 is 17.4 Å². The van der Waals surface area contributed by atoms with E-state index in [1.807, 2.05) is 0 Å². The van der Waals surface area contributed by atoms with Crippen LogP contribution in [0.1, 0.15) is 15.9 Å². The molecule has 3 rings (SSSR count). The van der Waals surface area contributed by atoms with Crippen molar-refractivity contribution in [2.75, 3.05) is 13.9 Å². The van der Waals surface area contributed by atoms with Crippen LogP contribution in [0, 0.1) is 0 Å². The zero-order chi connectivity index (χ0) is 14.1. The van der Waals surface area contributed by atoms with Gasteiger partial charge in [-0.1, -0.05) is 11.6 Å². The third kappa shape index (κ3) is 2.18. The van der Waals surface area contributed by atoms with E-state index >= 15 is 0 Å². The minimum absolute atomic E-state index is 0.174. The second-order valence-electron chi connectivity index (χ2n) is 4.24. The molecule has 2 aromatic rings. The van der Waals surface area contributed by atoms with Crippen molar-refractivity contribution in [1.29, 1.82) is 0 Å². The molecule has 1 heterocycles. The summed E-state index contributed by atoms with van der Waals surface area (Å²) in [5.74, 6) is 1.51. The van der Waals surface area contributed by atoms with Gasteiger partial charge in [0.2, 0.25) is 6.79 Å². The zero-order valence-electron chi connectivity index (χ0n) is 10.7. The van der Waals surface area contributed by atoms with E-state index < -0.39 is 0 Å². The molecule has 0 amide bonds. The highest BCUT2D eigenvalue weighted by molar-refractivity contribution is 6.31. The molecule has 0 N–H and O–H groups in total. The summed E-state index contributed by atoms with van der Waals surface area (Å²) in [6, 6.07) is 10.0. The van der Waals surface area contributed by atoms with Gasteiger partial charge in [-0.25, -0.2) is 0 Å². The number of rotatable bonds is 3. The van der Waals surface area contributed by atoms with Gasteiger partial charge in [-0.05, 0) is 36.4 Å². The number of halogens is 1. The molecule has 0 saturated heterocycles. The van der Waals surface area contributed by atoms with Gasteiger partial charge in [0.1, 0.15) is 5.75 Å². The Kier molecular flexibility index (Phi) is 3.24. The van der Waals surface area contributed by atoms with Crippen LogP contribution < -0.4 is 14.2 Å². The molecule has 0 aliphatic carbocycles. The number of benzene rings is 2. The van der Waals surface area contributed by atoms with E-state index in [2.05, 4.69) is 0 Å². The Morgan fingerprint density at radius 3 is 2.75 bits per heavy atom. The summed E-state index contributed by atoms with van der Waals surface area (Å²) in [7, 11) is 1.51. The van der Waals surface area contributed by atoms with Gasteiger partial charge in [-0.2, -0.15) is 0 Å². The Morgan fingerprint density at radius 2 is 1.95 bits per heavy atom. The van der Waals surface area contributed by atoms with Gasteiger partial charge in [0.15, 0.2) is 17.3 Å². The zero-order valence-corrected chi connectivity index (χ0v) is 11.4. The lowest BCUT2D eigenvalue weighted by atomic mass is 10.0. The highest BCUT2D eigenvalue weighted by Gasteiger charge is 2.19. The highest BCUT2D eigenvalue weighted by atomic mass is 35.5. The van der Waals surface area contributed by atoms with Crippen LogP contribution >= 0.6 is 11.6 Å². The molecule has 0 fully saturated rings. The number of carbonyl (C=O) groups excluding carboxylic acids is 1. The van der Waals surface area contributed by atoms with Crippen LogP contribution in [0.2, 0.25) is 5.02 Å². The van der Waals surface area contributed by atoms with Crippen molar-refractivity contribution in [2.24, 2.45) is 0 Å². The summed E-state index contributed by atoms with van der Waals surface area (Å²) in [5, 5.41) is 0.481. The second-order valence-corrected chi connectivity index (χ2v) is 4.68. The maximum atomic E-state index is 12.5. The van der Waals surface area contributed by atoms with E-state index in [0.29, 0.717) is 33.4 Å². The van der Waals surface area contributed by atoms with Crippen LogP contribution in [0.4, 0.5) is 0 Å². The molecule has 4 nitrogen and oxygen atoms in total. The van der Waals surface area contributed by atoms with Crippen LogP contribution in [-0.4, -0.2) is 19.7 Å². The van der Waals surface area contributed by atoms with E-state index in [9.17, 15) is 4.79 Å². The fourth-order valence-corrected chi connectivity index (χ4v) is 2.22. The molecule has 0 bridgehead atoms. The number of fused-ring (bicyclic) bond motifs is 1. The van der Waals surface area contributed by atoms with E-state index in [4.69, 9.17) is 25.8 Å². The Morgan fingerprint density at radius 1 is 1.15 bits per heavy atom. The van der Waals surface area contributed by atoms with Gasteiger partial charge in [-0.15, -0.1) is 0 Å². The van der Waals surface area contributed by atoms with Gasteiger partial charge in [-0.3, -0.25) is 4.79 Å². The molecule has 20 heavy (non-hydrogen) atoms. The number of ether oxygens (including phenoxy) is 3. The quantitative estimate of drug-likeness (QED) is 0.814. The van der Waals surface area contributed by atoms with Gasteiger partial charge < -0.3 is 14.2 Å². The molecule has 1 aliphatic heterocycles. The SMILES string of the molecule is COc1ccc(Cl)cc1C(=O)c1ccc2c(c1)OCO2. The Hall–Kier alpha value is -2.20. The summed E-state index contributed by atoms with van der Waals surface area (Å²) in [4.78, 5) is 12.5. The van der Waals surface area contributed by atoms with Crippen LogP contribution in [0.25, 0.3) is 0 Å². The van der Waals surface area contributed by atoms with Gasteiger partial charge in [0.05, 0.1) is 12.7 Å². The molecular formula is C15H11ClO4. The molecule has 0 aromatic heterocycles. The van der Waals surface area contributed by atoms with Crippen molar-refractivity contribution in [3.63, 3.8) is 0 Å². The van der Waals surface area contributed by atoms with Gasteiger partial charge in [0, 0.05) is 10.6 Å². The normalized spacial score (nSPS) is 12.3. The largest absolute Gasteiger partial charge is 0.496 e. The van der Waals surface area contributed by atoms with Crippen molar-refractivity contribution in [3.8, 4) is 17.2 Å². The minimum atomic E-state index is -0.178. The van der Waals surface area contributed by atoms with E-state index in [-0.39, 0.29) is 12.6 Å². The molecule has 0 unspecified atom stereocenters. The minimum Gasteiger partial charge on any atom is -0.496 e. The highest BCUT2D eigenvalue weighted by Crippen LogP contribution is 2.34. The average molecular weight is 291 g/mol. The van der Waals surface area contributed by atoms with Gasteiger partial charge in [0.25, 0.3) is 0 Å². The topological polar surface area (TPSA) is 44.8 Å². The standard InChI is InChI=1S/C15H11ClO4/c1-18-12-5-3-10(16)7-11(12)15(17)9-2-4-13-14(6-9)20-8-19-13/h2-7H,8H2,1H3. The third-order valence-corrected chi connectivity index (χ3v) is 3.28. The summed E-state index contributed by atoms with van der Waals surface area (Å²) >= 11 is 5.95. The number of hydrogen-bond acceptors (Lipinski definition) is 4. The molecule has 0 spiro atoms. The first-order valence-electron chi connectivity index (χ1n) is 5.97. The summed E-state index contributed by atoms with van der Waals surface area (Å²) in [6.45, 7) is 0.174. The summed E-state index contributed by atoms with van der Waals surface area (Å²) in [6.07, 6.45) is 0. The average Bonchev–Trinajstić information content (AvgIpc) is 2.93. The van der Waals surface area contributed by atoms with E-state index in [1.54, 1.807) is 36.4 Å². The lowest BCUT2D eigenvalue weighted by Crippen LogP contribution is -2.04. The first kappa shape index (κ1) is 12.8. The maximum Gasteiger partial charge on any atom is 0.231 e. The predicted octanol–water partition coefficient (Wildman–Crippen LogP) is 3.31. The Balaban J connectivity index is 2.02. The van der Waals surface area contributed by atoms with Crippen molar-refractivity contribution < 1.29 is 19.0 Å². The summed E-state index contributed by atoms with van der Waals surface area (Å²) < 4.78 is 15.7. The van der Waals surface area contributed by atoms with Crippen molar-refractivity contribution in [3.05, 3.63) is 52.5 Å². The fraction of sp³-hybridized carbons (Fsp3) is 0.133. The molecule has 0 radical (unpaired) electrons. The first-order chi connectivity index (χ1) is 9.69. The summed E-state index contributed by atoms with van der Waals surface area (Å²) in [5.41, 5.74) is 0.911. The fourth-order valence-electron chi connectivity index (χ4n) is 2.05. The molecule has 102 valence electrons. The number of methoxy groups -OCH3 is 1. The number of carbonyl (C=O) groups is 1. The second kappa shape index (κ2) is 5.06. The van der Waals surface area contributed by atoms with E-state index in [0.717, 1.165) is 0 Å². The van der Waals surface area contributed by atoms with Gasteiger partial charge >= 0.3 is 0 Å². The Labute approximate surface area is 120 Å². The number of ketones is 1. The Bertz CT molecular complexity index is 682. The molecule has 2 aromatic carbocycles.